The SMILES string of the molecule is N#Cc1ccc(CNC(=O)N2CCc3cnc(CC4CCOCC4)nc3C2)cc1F. The highest BCUT2D eigenvalue weighted by molar-refractivity contribution is 5.74. The molecule has 0 unspecified atom stereocenters. The number of nitrogens with one attached hydrogen (secondary N) is 1. The molecule has 8 heteroatoms. The first-order valence-corrected chi connectivity index (χ1v) is 10.2. The third kappa shape index (κ3) is 4.74. The summed E-state index contributed by atoms with van der Waals surface area (Å²) < 4.78 is 19.1. The van der Waals surface area contributed by atoms with E-state index in [-0.39, 0.29) is 18.1 Å². The van der Waals surface area contributed by atoms with Gasteiger partial charge in [0.15, 0.2) is 0 Å². The molecule has 4 rings (SSSR count). The van der Waals surface area contributed by atoms with Crippen LogP contribution in [0.2, 0.25) is 0 Å². The Morgan fingerprint density at radius 1 is 1.37 bits per heavy atom. The summed E-state index contributed by atoms with van der Waals surface area (Å²) in [6.07, 6.45) is 5.51. The number of aromatic nitrogens is 2. The molecule has 2 aromatic rings. The van der Waals surface area contributed by atoms with Gasteiger partial charge in [0.25, 0.3) is 0 Å². The summed E-state index contributed by atoms with van der Waals surface area (Å²) in [5.41, 5.74) is 2.59. The van der Waals surface area contributed by atoms with Gasteiger partial charge in [0.2, 0.25) is 0 Å². The number of carbonyl (C=O) groups excluding carboxylic acids is 1. The second-order valence-corrected chi connectivity index (χ2v) is 7.77. The van der Waals surface area contributed by atoms with E-state index >= 15 is 0 Å². The Labute approximate surface area is 174 Å². The van der Waals surface area contributed by atoms with Crippen LogP contribution in [0.25, 0.3) is 0 Å². The van der Waals surface area contributed by atoms with E-state index in [1.807, 2.05) is 6.20 Å². The van der Waals surface area contributed by atoms with E-state index in [9.17, 15) is 9.18 Å². The molecule has 1 saturated heterocycles. The highest BCUT2D eigenvalue weighted by atomic mass is 19.1. The minimum atomic E-state index is -0.579. The van der Waals surface area contributed by atoms with Crippen molar-refractivity contribution in [2.24, 2.45) is 5.92 Å². The lowest BCUT2D eigenvalue weighted by molar-refractivity contribution is 0.0659. The molecule has 2 aliphatic rings. The van der Waals surface area contributed by atoms with E-state index in [1.54, 1.807) is 17.0 Å². The van der Waals surface area contributed by atoms with Gasteiger partial charge >= 0.3 is 6.03 Å². The number of hydrogen-bond acceptors (Lipinski definition) is 5. The fourth-order valence-corrected chi connectivity index (χ4v) is 3.87. The van der Waals surface area contributed by atoms with E-state index < -0.39 is 5.82 Å². The van der Waals surface area contributed by atoms with Crippen molar-refractivity contribution in [3.8, 4) is 6.07 Å². The average Bonchev–Trinajstić information content (AvgIpc) is 2.77. The summed E-state index contributed by atoms with van der Waals surface area (Å²) in [5.74, 6) is 0.800. The van der Waals surface area contributed by atoms with Crippen LogP contribution < -0.4 is 5.32 Å². The van der Waals surface area contributed by atoms with Gasteiger partial charge in [0.05, 0.1) is 17.8 Å². The molecule has 0 aliphatic carbocycles. The van der Waals surface area contributed by atoms with Crippen molar-refractivity contribution >= 4 is 6.03 Å². The van der Waals surface area contributed by atoms with Crippen LogP contribution in [0.1, 0.15) is 41.1 Å². The number of hydrogen-bond donors (Lipinski definition) is 1. The van der Waals surface area contributed by atoms with Crippen molar-refractivity contribution in [2.45, 2.75) is 38.8 Å². The number of rotatable bonds is 4. The van der Waals surface area contributed by atoms with Crippen LogP contribution in [0, 0.1) is 23.1 Å². The van der Waals surface area contributed by atoms with Gasteiger partial charge < -0.3 is 15.0 Å². The van der Waals surface area contributed by atoms with Gasteiger partial charge in [-0.3, -0.25) is 0 Å². The molecule has 1 N–H and O–H groups in total. The molecule has 1 fully saturated rings. The smallest absolute Gasteiger partial charge is 0.318 e. The Morgan fingerprint density at radius 3 is 2.97 bits per heavy atom. The standard InChI is InChI=1S/C22H24FN5O2/c23-19-9-16(1-2-17(19)11-24)12-26-22(29)28-6-3-18-13-25-21(27-20(18)14-28)10-15-4-7-30-8-5-15/h1-2,9,13,15H,3-8,10,12,14H2,(H,26,29). The van der Waals surface area contributed by atoms with Gasteiger partial charge in [-0.15, -0.1) is 0 Å². The number of fused-ring (bicyclic) bond motifs is 1. The van der Waals surface area contributed by atoms with E-state index in [2.05, 4.69) is 10.3 Å². The zero-order chi connectivity index (χ0) is 20.9. The highest BCUT2D eigenvalue weighted by Gasteiger charge is 2.23. The summed E-state index contributed by atoms with van der Waals surface area (Å²) >= 11 is 0. The van der Waals surface area contributed by atoms with Crippen LogP contribution in [0.5, 0.6) is 0 Å². The Kier molecular flexibility index (Phi) is 6.19. The number of benzene rings is 1. The summed E-state index contributed by atoms with van der Waals surface area (Å²) in [7, 11) is 0. The Hall–Kier alpha value is -3.05. The number of ether oxygens (including phenoxy) is 1. The number of carbonyl (C=O) groups is 1. The molecular formula is C22H24FN5O2. The summed E-state index contributed by atoms with van der Waals surface area (Å²) in [6, 6.07) is 5.92. The first-order chi connectivity index (χ1) is 14.6. The number of nitriles is 1. The minimum absolute atomic E-state index is 0.00560. The topological polar surface area (TPSA) is 91.1 Å². The Morgan fingerprint density at radius 2 is 2.20 bits per heavy atom. The van der Waals surface area contributed by atoms with Crippen LogP contribution in [-0.2, 0) is 30.7 Å². The van der Waals surface area contributed by atoms with Crippen LogP contribution in [0.15, 0.2) is 24.4 Å². The van der Waals surface area contributed by atoms with E-state index in [4.69, 9.17) is 15.0 Å². The molecule has 0 radical (unpaired) electrons. The lowest BCUT2D eigenvalue weighted by Gasteiger charge is -2.28. The van der Waals surface area contributed by atoms with Gasteiger partial charge in [0, 0.05) is 38.9 Å². The number of nitrogens with zero attached hydrogens (tertiary/aromatic N) is 4. The maximum atomic E-state index is 13.7. The lowest BCUT2D eigenvalue weighted by atomic mass is 9.96. The monoisotopic (exact) mass is 409 g/mol. The predicted molar refractivity (Wildman–Crippen MR) is 107 cm³/mol. The molecule has 0 saturated carbocycles. The first-order valence-electron chi connectivity index (χ1n) is 10.2. The van der Waals surface area contributed by atoms with Gasteiger partial charge in [-0.1, -0.05) is 6.07 Å². The summed E-state index contributed by atoms with van der Waals surface area (Å²) in [6.45, 7) is 2.82. The molecule has 30 heavy (non-hydrogen) atoms. The maximum absolute atomic E-state index is 13.7. The molecule has 7 nitrogen and oxygen atoms in total. The first kappa shape index (κ1) is 20.2. The summed E-state index contributed by atoms with van der Waals surface area (Å²) in [5, 5.41) is 11.6. The average molecular weight is 409 g/mol. The molecule has 0 atom stereocenters. The van der Waals surface area contributed by atoms with Gasteiger partial charge in [-0.05, 0) is 48.4 Å². The van der Waals surface area contributed by atoms with E-state index in [0.717, 1.165) is 49.6 Å². The molecule has 0 spiro atoms. The van der Waals surface area contributed by atoms with Crippen molar-refractivity contribution in [1.82, 2.24) is 20.2 Å². The number of amides is 2. The second kappa shape index (κ2) is 9.18. The molecular weight excluding hydrogens is 385 g/mol. The van der Waals surface area contributed by atoms with Crippen LogP contribution in [-0.4, -0.2) is 40.7 Å². The second-order valence-electron chi connectivity index (χ2n) is 7.77. The van der Waals surface area contributed by atoms with Crippen molar-refractivity contribution in [3.63, 3.8) is 0 Å². The van der Waals surface area contributed by atoms with Crippen molar-refractivity contribution in [3.05, 3.63) is 58.4 Å². The minimum Gasteiger partial charge on any atom is -0.381 e. The fraction of sp³-hybridized carbons (Fsp3) is 0.455. The third-order valence-electron chi connectivity index (χ3n) is 5.69. The maximum Gasteiger partial charge on any atom is 0.318 e. The fourth-order valence-electron chi connectivity index (χ4n) is 3.87. The Balaban J connectivity index is 1.35. The number of urea groups is 1. The molecule has 1 aromatic carbocycles. The zero-order valence-corrected chi connectivity index (χ0v) is 16.7. The van der Waals surface area contributed by atoms with E-state index in [0.29, 0.717) is 31.0 Å². The molecule has 3 heterocycles. The van der Waals surface area contributed by atoms with Crippen LogP contribution in [0.4, 0.5) is 9.18 Å². The van der Waals surface area contributed by atoms with Crippen molar-refractivity contribution < 1.29 is 13.9 Å². The van der Waals surface area contributed by atoms with E-state index in [1.165, 1.54) is 12.1 Å². The van der Waals surface area contributed by atoms with Crippen molar-refractivity contribution in [2.75, 3.05) is 19.8 Å². The Bertz CT molecular complexity index is 968. The lowest BCUT2D eigenvalue weighted by Crippen LogP contribution is -2.43. The molecule has 1 aromatic heterocycles. The molecule has 156 valence electrons. The largest absolute Gasteiger partial charge is 0.381 e. The highest BCUT2D eigenvalue weighted by Crippen LogP contribution is 2.21. The quantitative estimate of drug-likeness (QED) is 0.838. The van der Waals surface area contributed by atoms with Gasteiger partial charge in [-0.25, -0.2) is 19.2 Å². The van der Waals surface area contributed by atoms with Gasteiger partial charge in [0.1, 0.15) is 17.7 Å². The molecule has 2 amide bonds. The predicted octanol–water partition coefficient (Wildman–Crippen LogP) is 2.72. The number of halogens is 1. The van der Waals surface area contributed by atoms with Gasteiger partial charge in [-0.2, -0.15) is 5.26 Å². The summed E-state index contributed by atoms with van der Waals surface area (Å²) in [4.78, 5) is 23.6. The van der Waals surface area contributed by atoms with Crippen LogP contribution >= 0.6 is 0 Å². The van der Waals surface area contributed by atoms with Crippen LogP contribution in [0.3, 0.4) is 0 Å². The third-order valence-corrected chi connectivity index (χ3v) is 5.69. The molecule has 2 aliphatic heterocycles. The molecule has 0 bridgehead atoms. The van der Waals surface area contributed by atoms with Crippen molar-refractivity contribution in [1.29, 1.82) is 5.26 Å². The normalized spacial score (nSPS) is 16.6. The zero-order valence-electron chi connectivity index (χ0n) is 16.7.